The summed E-state index contributed by atoms with van der Waals surface area (Å²) in [6, 6.07) is 8.64. The molecule has 0 aliphatic carbocycles. The lowest BCUT2D eigenvalue weighted by atomic mass is 9.83. The van der Waals surface area contributed by atoms with E-state index in [9.17, 15) is 4.79 Å². The Morgan fingerprint density at radius 1 is 1.04 bits per heavy atom. The Morgan fingerprint density at radius 3 is 2.48 bits per heavy atom. The van der Waals surface area contributed by atoms with E-state index < -0.39 is 0 Å². The second kappa shape index (κ2) is 6.02. The van der Waals surface area contributed by atoms with Gasteiger partial charge in [-0.15, -0.1) is 0 Å². The molecule has 5 heterocycles. The molecule has 0 saturated carbocycles. The lowest BCUT2D eigenvalue weighted by molar-refractivity contribution is -0.141. The van der Waals surface area contributed by atoms with Gasteiger partial charge in [0, 0.05) is 26.2 Å². The number of carbonyl (C=O) groups excluding carboxylic acids is 1. The zero-order valence-electron chi connectivity index (χ0n) is 14.4. The second-order valence-corrected chi connectivity index (χ2v) is 7.51. The number of piperazine rings is 1. The molecule has 4 saturated heterocycles. The average molecular weight is 340 g/mol. The van der Waals surface area contributed by atoms with Crippen LogP contribution in [0.3, 0.4) is 0 Å². The molecule has 25 heavy (non-hydrogen) atoms. The van der Waals surface area contributed by atoms with Crippen molar-refractivity contribution in [1.82, 2.24) is 14.8 Å². The highest BCUT2D eigenvalue weighted by Gasteiger charge is 2.40. The number of para-hydroxylation sites is 2. The molecule has 6 heteroatoms. The summed E-state index contributed by atoms with van der Waals surface area (Å²) in [5, 5.41) is 0. The monoisotopic (exact) mass is 340 g/mol. The Morgan fingerprint density at radius 2 is 1.80 bits per heavy atom. The molecule has 4 aliphatic rings. The minimum absolute atomic E-state index is 0.128. The number of nitrogens with zero attached hydrogens (tertiary/aromatic N) is 4. The first-order valence-corrected chi connectivity index (χ1v) is 9.41. The summed E-state index contributed by atoms with van der Waals surface area (Å²) in [6.07, 6.45) is 3.61. The molecular formula is C19H24N4O2. The van der Waals surface area contributed by atoms with Gasteiger partial charge in [-0.3, -0.25) is 9.69 Å². The average Bonchev–Trinajstić information content (AvgIpc) is 3.13. The van der Waals surface area contributed by atoms with Crippen molar-refractivity contribution in [3.8, 4) is 0 Å². The molecule has 1 aromatic carbocycles. The standard InChI is InChI=1S/C19H24N4O2/c24-18(16-13-14-5-7-21(16)8-6-14)22-9-11-23(12-10-22)19-20-15-3-1-2-4-17(15)25-19/h1-4,14,16H,5-13H2. The number of rotatable bonds is 2. The highest BCUT2D eigenvalue weighted by atomic mass is 16.4. The molecule has 1 unspecified atom stereocenters. The third-order valence-electron chi connectivity index (χ3n) is 6.08. The topological polar surface area (TPSA) is 52.8 Å². The molecule has 0 N–H and O–H groups in total. The number of oxazole rings is 1. The van der Waals surface area contributed by atoms with E-state index in [4.69, 9.17) is 4.42 Å². The highest BCUT2D eigenvalue weighted by Crippen LogP contribution is 2.33. The van der Waals surface area contributed by atoms with Gasteiger partial charge in [0.25, 0.3) is 6.01 Å². The van der Waals surface area contributed by atoms with Crippen LogP contribution in [0.15, 0.2) is 28.7 Å². The van der Waals surface area contributed by atoms with Gasteiger partial charge >= 0.3 is 0 Å². The van der Waals surface area contributed by atoms with Crippen molar-refractivity contribution >= 4 is 23.0 Å². The summed E-state index contributed by atoms with van der Waals surface area (Å²) >= 11 is 0. The zero-order valence-corrected chi connectivity index (χ0v) is 14.4. The summed E-state index contributed by atoms with van der Waals surface area (Å²) < 4.78 is 5.86. The molecule has 4 aliphatic heterocycles. The maximum atomic E-state index is 13.0. The SMILES string of the molecule is O=C(C1CC2CCN1CC2)N1CCN(c2nc3ccccc3o2)CC1. The summed E-state index contributed by atoms with van der Waals surface area (Å²) in [5.41, 5.74) is 1.71. The molecule has 6 nitrogen and oxygen atoms in total. The summed E-state index contributed by atoms with van der Waals surface area (Å²) in [4.78, 5) is 24.1. The van der Waals surface area contributed by atoms with Crippen LogP contribution in [0.25, 0.3) is 11.1 Å². The number of carbonyl (C=O) groups is 1. The molecule has 1 atom stereocenters. The molecule has 1 aromatic heterocycles. The van der Waals surface area contributed by atoms with Gasteiger partial charge < -0.3 is 14.2 Å². The van der Waals surface area contributed by atoms with Gasteiger partial charge in [0.2, 0.25) is 5.91 Å². The molecular weight excluding hydrogens is 316 g/mol. The minimum atomic E-state index is 0.128. The van der Waals surface area contributed by atoms with Crippen LogP contribution < -0.4 is 4.90 Å². The van der Waals surface area contributed by atoms with E-state index in [1.807, 2.05) is 29.2 Å². The molecule has 0 spiro atoms. The van der Waals surface area contributed by atoms with Gasteiger partial charge in [-0.05, 0) is 50.4 Å². The first-order valence-electron chi connectivity index (χ1n) is 9.41. The smallest absolute Gasteiger partial charge is 0.298 e. The van der Waals surface area contributed by atoms with Crippen molar-refractivity contribution in [1.29, 1.82) is 0 Å². The van der Waals surface area contributed by atoms with Crippen LogP contribution >= 0.6 is 0 Å². The number of piperidine rings is 3. The third-order valence-corrected chi connectivity index (χ3v) is 6.08. The number of hydrogen-bond acceptors (Lipinski definition) is 5. The number of hydrogen-bond donors (Lipinski definition) is 0. The Kier molecular flexibility index (Phi) is 3.66. The van der Waals surface area contributed by atoms with Crippen molar-refractivity contribution in [2.45, 2.75) is 25.3 Å². The lowest BCUT2D eigenvalue weighted by Crippen LogP contribution is -2.59. The molecule has 4 fully saturated rings. The van der Waals surface area contributed by atoms with E-state index in [0.717, 1.165) is 62.7 Å². The lowest BCUT2D eigenvalue weighted by Gasteiger charge is -2.46. The van der Waals surface area contributed by atoms with E-state index in [0.29, 0.717) is 11.9 Å². The molecule has 1 amide bonds. The Balaban J connectivity index is 1.24. The van der Waals surface area contributed by atoms with Gasteiger partial charge in [0.1, 0.15) is 5.52 Å². The van der Waals surface area contributed by atoms with Crippen LogP contribution in [0.1, 0.15) is 19.3 Å². The predicted octanol–water partition coefficient (Wildman–Crippen LogP) is 1.96. The quantitative estimate of drug-likeness (QED) is 0.836. The zero-order chi connectivity index (χ0) is 16.8. The number of amides is 1. The van der Waals surface area contributed by atoms with Crippen LogP contribution in [-0.2, 0) is 4.79 Å². The first-order chi connectivity index (χ1) is 12.3. The highest BCUT2D eigenvalue weighted by molar-refractivity contribution is 5.82. The largest absolute Gasteiger partial charge is 0.423 e. The maximum absolute atomic E-state index is 13.0. The number of anilines is 1. The van der Waals surface area contributed by atoms with Gasteiger partial charge in [-0.25, -0.2) is 0 Å². The molecule has 2 aromatic rings. The van der Waals surface area contributed by atoms with Gasteiger partial charge in [-0.1, -0.05) is 12.1 Å². The minimum Gasteiger partial charge on any atom is -0.423 e. The van der Waals surface area contributed by atoms with Crippen LogP contribution in [0.2, 0.25) is 0 Å². The molecule has 0 radical (unpaired) electrons. The maximum Gasteiger partial charge on any atom is 0.298 e. The third kappa shape index (κ3) is 2.68. The molecule has 6 rings (SSSR count). The predicted molar refractivity (Wildman–Crippen MR) is 95.5 cm³/mol. The van der Waals surface area contributed by atoms with E-state index in [2.05, 4.69) is 14.8 Å². The number of fused-ring (bicyclic) bond motifs is 4. The summed E-state index contributed by atoms with van der Waals surface area (Å²) in [7, 11) is 0. The van der Waals surface area contributed by atoms with Gasteiger partial charge in [-0.2, -0.15) is 4.98 Å². The van der Waals surface area contributed by atoms with Gasteiger partial charge in [0.05, 0.1) is 6.04 Å². The van der Waals surface area contributed by atoms with Gasteiger partial charge in [0.15, 0.2) is 5.58 Å². The van der Waals surface area contributed by atoms with Crippen molar-refractivity contribution in [3.05, 3.63) is 24.3 Å². The normalized spacial score (nSPS) is 29.4. The Labute approximate surface area is 147 Å². The van der Waals surface area contributed by atoms with E-state index >= 15 is 0 Å². The van der Waals surface area contributed by atoms with Crippen LogP contribution in [0.5, 0.6) is 0 Å². The van der Waals surface area contributed by atoms with Crippen molar-refractivity contribution in [2.75, 3.05) is 44.2 Å². The number of benzene rings is 1. The van der Waals surface area contributed by atoms with E-state index in [1.54, 1.807) is 0 Å². The Bertz CT molecular complexity index is 740. The molecule has 132 valence electrons. The fourth-order valence-corrected chi connectivity index (χ4v) is 4.55. The van der Waals surface area contributed by atoms with Crippen LogP contribution in [0.4, 0.5) is 6.01 Å². The van der Waals surface area contributed by atoms with Crippen molar-refractivity contribution in [3.63, 3.8) is 0 Å². The van der Waals surface area contributed by atoms with Crippen molar-refractivity contribution < 1.29 is 9.21 Å². The fourth-order valence-electron chi connectivity index (χ4n) is 4.55. The second-order valence-electron chi connectivity index (χ2n) is 7.51. The van der Waals surface area contributed by atoms with E-state index in [-0.39, 0.29) is 6.04 Å². The van der Waals surface area contributed by atoms with Crippen LogP contribution in [-0.4, -0.2) is 66.0 Å². The Hall–Kier alpha value is -2.08. The van der Waals surface area contributed by atoms with Crippen molar-refractivity contribution in [2.24, 2.45) is 5.92 Å². The fraction of sp³-hybridized carbons (Fsp3) is 0.579. The summed E-state index contributed by atoms with van der Waals surface area (Å²) in [6.45, 7) is 5.29. The van der Waals surface area contributed by atoms with Crippen LogP contribution in [0, 0.1) is 5.92 Å². The summed E-state index contributed by atoms with van der Waals surface area (Å²) in [5.74, 6) is 1.10. The van der Waals surface area contributed by atoms with E-state index in [1.165, 1.54) is 12.8 Å². The number of aromatic nitrogens is 1. The molecule has 2 bridgehead atoms. The first kappa shape index (κ1) is 15.2.